The van der Waals surface area contributed by atoms with Crippen LogP contribution in [0, 0.1) is 0 Å². The number of para-hydroxylation sites is 2. The van der Waals surface area contributed by atoms with Crippen molar-refractivity contribution >= 4 is 0 Å². The van der Waals surface area contributed by atoms with Crippen LogP contribution in [0.15, 0.2) is 48.5 Å². The third-order valence-corrected chi connectivity index (χ3v) is 3.45. The van der Waals surface area contributed by atoms with Gasteiger partial charge in [0.1, 0.15) is 11.5 Å². The van der Waals surface area contributed by atoms with Gasteiger partial charge in [0.25, 0.3) is 0 Å². The molecule has 0 atom stereocenters. The van der Waals surface area contributed by atoms with Crippen LogP contribution in [0.1, 0.15) is 17.5 Å². The number of rotatable bonds is 7. The predicted molar refractivity (Wildman–Crippen MR) is 84.0 cm³/mol. The number of nitrogens with two attached hydrogens (primary N) is 1. The molecular weight excluding hydrogens is 264 g/mol. The van der Waals surface area contributed by atoms with Gasteiger partial charge in [0.15, 0.2) is 0 Å². The summed E-state index contributed by atoms with van der Waals surface area (Å²) >= 11 is 0. The SMILES string of the molecule is NCCCN(Cc1ccccc1O)Cc1ccccc1O. The van der Waals surface area contributed by atoms with Crippen LogP contribution in [0.3, 0.4) is 0 Å². The van der Waals surface area contributed by atoms with Crippen LogP contribution in [0.4, 0.5) is 0 Å². The molecule has 0 saturated heterocycles. The molecule has 2 aromatic carbocycles. The summed E-state index contributed by atoms with van der Waals surface area (Å²) in [4.78, 5) is 2.18. The fourth-order valence-corrected chi connectivity index (χ4v) is 2.30. The van der Waals surface area contributed by atoms with Gasteiger partial charge in [-0.3, -0.25) is 4.90 Å². The summed E-state index contributed by atoms with van der Waals surface area (Å²) in [7, 11) is 0. The molecule has 2 aromatic rings. The van der Waals surface area contributed by atoms with E-state index in [-0.39, 0.29) is 0 Å². The van der Waals surface area contributed by atoms with Gasteiger partial charge in [0.2, 0.25) is 0 Å². The summed E-state index contributed by atoms with van der Waals surface area (Å²) in [6, 6.07) is 14.7. The minimum absolute atomic E-state index is 0.299. The van der Waals surface area contributed by atoms with E-state index in [2.05, 4.69) is 4.90 Å². The summed E-state index contributed by atoms with van der Waals surface area (Å²) in [5.41, 5.74) is 7.36. The van der Waals surface area contributed by atoms with Crippen molar-refractivity contribution in [2.24, 2.45) is 5.73 Å². The number of phenolic OH excluding ortho intramolecular Hbond substituents is 2. The molecule has 112 valence electrons. The Kier molecular flexibility index (Phi) is 5.60. The molecular formula is C17H22N2O2. The molecule has 0 saturated carbocycles. The smallest absolute Gasteiger partial charge is 0.120 e. The fraction of sp³-hybridized carbons (Fsp3) is 0.294. The number of phenols is 2. The second-order valence-corrected chi connectivity index (χ2v) is 5.11. The van der Waals surface area contributed by atoms with Crippen molar-refractivity contribution < 1.29 is 10.2 Å². The third kappa shape index (κ3) is 4.48. The monoisotopic (exact) mass is 286 g/mol. The molecule has 4 heteroatoms. The van der Waals surface area contributed by atoms with Crippen molar-refractivity contribution in [1.29, 1.82) is 0 Å². The summed E-state index contributed by atoms with van der Waals surface area (Å²) in [6.45, 7) is 2.69. The molecule has 2 rings (SSSR count). The zero-order chi connectivity index (χ0) is 15.1. The summed E-state index contributed by atoms with van der Waals surface area (Å²) in [5.74, 6) is 0.597. The standard InChI is InChI=1S/C17H22N2O2/c18-10-5-11-19(12-14-6-1-3-8-16(14)20)13-15-7-2-4-9-17(15)21/h1-4,6-9,20-21H,5,10-13,18H2. The van der Waals surface area contributed by atoms with Gasteiger partial charge >= 0.3 is 0 Å². The van der Waals surface area contributed by atoms with Gasteiger partial charge in [-0.2, -0.15) is 0 Å². The lowest BCUT2D eigenvalue weighted by Gasteiger charge is -2.23. The largest absolute Gasteiger partial charge is 0.508 e. The highest BCUT2D eigenvalue weighted by atomic mass is 16.3. The van der Waals surface area contributed by atoms with E-state index in [0.29, 0.717) is 31.1 Å². The number of benzene rings is 2. The average molecular weight is 286 g/mol. The molecule has 0 radical (unpaired) electrons. The first-order chi connectivity index (χ1) is 10.2. The van der Waals surface area contributed by atoms with E-state index < -0.39 is 0 Å². The Balaban J connectivity index is 2.11. The van der Waals surface area contributed by atoms with Crippen LogP contribution >= 0.6 is 0 Å². The Morgan fingerprint density at radius 1 is 0.810 bits per heavy atom. The van der Waals surface area contributed by atoms with E-state index in [4.69, 9.17) is 5.73 Å². The Hall–Kier alpha value is -2.04. The molecule has 0 unspecified atom stereocenters. The molecule has 0 aliphatic heterocycles. The van der Waals surface area contributed by atoms with Gasteiger partial charge in [0, 0.05) is 30.8 Å². The normalized spacial score (nSPS) is 11.0. The zero-order valence-corrected chi connectivity index (χ0v) is 12.1. The molecule has 0 amide bonds. The van der Waals surface area contributed by atoms with E-state index in [1.807, 2.05) is 36.4 Å². The molecule has 4 N–H and O–H groups in total. The molecule has 0 fully saturated rings. The quantitative estimate of drug-likeness (QED) is 0.731. The molecule has 0 aromatic heterocycles. The Labute approximate surface area is 125 Å². The topological polar surface area (TPSA) is 69.7 Å². The van der Waals surface area contributed by atoms with Crippen molar-refractivity contribution in [3.8, 4) is 11.5 Å². The second kappa shape index (κ2) is 7.67. The van der Waals surface area contributed by atoms with E-state index in [1.54, 1.807) is 12.1 Å². The highest BCUT2D eigenvalue weighted by Gasteiger charge is 2.11. The number of hydrogen-bond acceptors (Lipinski definition) is 4. The lowest BCUT2D eigenvalue weighted by atomic mass is 10.1. The van der Waals surface area contributed by atoms with Crippen LogP contribution in [0.5, 0.6) is 11.5 Å². The number of aromatic hydroxyl groups is 2. The molecule has 4 nitrogen and oxygen atoms in total. The van der Waals surface area contributed by atoms with Crippen molar-refractivity contribution in [3.05, 3.63) is 59.7 Å². The van der Waals surface area contributed by atoms with Gasteiger partial charge in [-0.15, -0.1) is 0 Å². The van der Waals surface area contributed by atoms with E-state index in [1.165, 1.54) is 0 Å². The van der Waals surface area contributed by atoms with Gasteiger partial charge in [0.05, 0.1) is 0 Å². The maximum atomic E-state index is 9.90. The van der Waals surface area contributed by atoms with Crippen molar-refractivity contribution in [3.63, 3.8) is 0 Å². The molecule has 0 spiro atoms. The first kappa shape index (κ1) is 15.4. The van der Waals surface area contributed by atoms with Gasteiger partial charge in [-0.1, -0.05) is 36.4 Å². The minimum Gasteiger partial charge on any atom is -0.508 e. The van der Waals surface area contributed by atoms with Crippen LogP contribution < -0.4 is 5.73 Å². The molecule has 0 aliphatic carbocycles. The lowest BCUT2D eigenvalue weighted by molar-refractivity contribution is 0.248. The van der Waals surface area contributed by atoms with Crippen molar-refractivity contribution in [2.75, 3.05) is 13.1 Å². The Bertz CT molecular complexity index is 525. The van der Waals surface area contributed by atoms with E-state index in [9.17, 15) is 10.2 Å². The lowest BCUT2D eigenvalue weighted by Crippen LogP contribution is -2.25. The van der Waals surface area contributed by atoms with E-state index >= 15 is 0 Å². The summed E-state index contributed by atoms with van der Waals surface area (Å²) in [5, 5.41) is 19.8. The Morgan fingerprint density at radius 2 is 1.29 bits per heavy atom. The van der Waals surface area contributed by atoms with Crippen LogP contribution in [0.25, 0.3) is 0 Å². The highest BCUT2D eigenvalue weighted by Crippen LogP contribution is 2.22. The molecule has 0 heterocycles. The summed E-state index contributed by atoms with van der Waals surface area (Å²) < 4.78 is 0. The molecule has 0 aliphatic rings. The van der Waals surface area contributed by atoms with Gasteiger partial charge in [-0.25, -0.2) is 0 Å². The maximum Gasteiger partial charge on any atom is 0.120 e. The second-order valence-electron chi connectivity index (χ2n) is 5.11. The van der Waals surface area contributed by atoms with Crippen LogP contribution in [-0.2, 0) is 13.1 Å². The van der Waals surface area contributed by atoms with Gasteiger partial charge in [-0.05, 0) is 25.1 Å². The fourth-order valence-electron chi connectivity index (χ4n) is 2.30. The summed E-state index contributed by atoms with van der Waals surface area (Å²) in [6.07, 6.45) is 0.876. The first-order valence-corrected chi connectivity index (χ1v) is 7.17. The van der Waals surface area contributed by atoms with Crippen LogP contribution in [0.2, 0.25) is 0 Å². The predicted octanol–water partition coefficient (Wildman–Crippen LogP) is 2.45. The third-order valence-electron chi connectivity index (χ3n) is 3.45. The van der Waals surface area contributed by atoms with Gasteiger partial charge < -0.3 is 15.9 Å². The first-order valence-electron chi connectivity index (χ1n) is 7.17. The molecule has 0 bridgehead atoms. The highest BCUT2D eigenvalue weighted by molar-refractivity contribution is 5.33. The number of hydrogen-bond donors (Lipinski definition) is 3. The Morgan fingerprint density at radius 3 is 1.71 bits per heavy atom. The minimum atomic E-state index is 0.299. The zero-order valence-electron chi connectivity index (χ0n) is 12.1. The van der Waals surface area contributed by atoms with Crippen LogP contribution in [-0.4, -0.2) is 28.2 Å². The average Bonchev–Trinajstić information content (AvgIpc) is 2.49. The number of nitrogens with zero attached hydrogens (tertiary/aromatic N) is 1. The molecule has 21 heavy (non-hydrogen) atoms. The van der Waals surface area contributed by atoms with E-state index in [0.717, 1.165) is 24.1 Å². The van der Waals surface area contributed by atoms with Crippen molar-refractivity contribution in [1.82, 2.24) is 4.90 Å². The maximum absolute atomic E-state index is 9.90. The van der Waals surface area contributed by atoms with Crippen molar-refractivity contribution in [2.45, 2.75) is 19.5 Å².